The van der Waals surface area contributed by atoms with Gasteiger partial charge < -0.3 is 14.9 Å². The van der Waals surface area contributed by atoms with Crippen LogP contribution in [-0.4, -0.2) is 19.1 Å². The van der Waals surface area contributed by atoms with Crippen LogP contribution in [0.15, 0.2) is 36.9 Å². The summed E-state index contributed by atoms with van der Waals surface area (Å²) in [5.74, 6) is 0.562. The lowest BCUT2D eigenvalue weighted by Gasteiger charge is -2.07. The van der Waals surface area contributed by atoms with Crippen molar-refractivity contribution in [3.05, 3.63) is 40.5 Å². The Bertz CT molecular complexity index is 671. The SMILES string of the molecule is Nc1nc2cc(I)ccc2n1CCn1ccnc1. The second-order valence-electron chi connectivity index (χ2n) is 4.06. The van der Waals surface area contributed by atoms with Gasteiger partial charge in [0.2, 0.25) is 5.95 Å². The zero-order valence-electron chi connectivity index (χ0n) is 9.62. The highest BCUT2D eigenvalue weighted by Crippen LogP contribution is 2.20. The van der Waals surface area contributed by atoms with Crippen molar-refractivity contribution in [3.63, 3.8) is 0 Å². The molecule has 0 aliphatic rings. The van der Waals surface area contributed by atoms with Gasteiger partial charge in [-0.25, -0.2) is 9.97 Å². The number of halogens is 1. The van der Waals surface area contributed by atoms with Crippen LogP contribution in [0.3, 0.4) is 0 Å². The molecule has 0 aliphatic carbocycles. The van der Waals surface area contributed by atoms with Crippen LogP contribution in [0.5, 0.6) is 0 Å². The average Bonchev–Trinajstić information content (AvgIpc) is 2.93. The predicted octanol–water partition coefficient (Wildman–Crippen LogP) is 2.12. The lowest BCUT2D eigenvalue weighted by Crippen LogP contribution is -2.08. The Kier molecular flexibility index (Phi) is 2.94. The normalized spacial score (nSPS) is 11.2. The van der Waals surface area contributed by atoms with Gasteiger partial charge in [-0.15, -0.1) is 0 Å². The molecule has 0 atom stereocenters. The van der Waals surface area contributed by atoms with Crippen molar-refractivity contribution in [1.29, 1.82) is 0 Å². The number of benzene rings is 1. The zero-order chi connectivity index (χ0) is 12.5. The van der Waals surface area contributed by atoms with Crippen molar-refractivity contribution in [3.8, 4) is 0 Å². The Morgan fingerprint density at radius 3 is 2.94 bits per heavy atom. The Morgan fingerprint density at radius 2 is 2.17 bits per heavy atom. The predicted molar refractivity (Wildman–Crippen MR) is 79.1 cm³/mol. The highest BCUT2D eigenvalue weighted by molar-refractivity contribution is 14.1. The molecule has 0 saturated heterocycles. The van der Waals surface area contributed by atoms with Crippen molar-refractivity contribution >= 4 is 39.6 Å². The molecule has 2 aromatic heterocycles. The Balaban J connectivity index is 1.93. The quantitative estimate of drug-likeness (QED) is 0.734. The van der Waals surface area contributed by atoms with E-state index in [0.29, 0.717) is 5.95 Å². The van der Waals surface area contributed by atoms with Gasteiger partial charge in [-0.05, 0) is 40.8 Å². The van der Waals surface area contributed by atoms with Crippen molar-refractivity contribution in [2.75, 3.05) is 5.73 Å². The molecule has 0 spiro atoms. The molecular weight excluding hydrogens is 341 g/mol. The standard InChI is InChI=1S/C12H12IN5/c13-9-1-2-11-10(7-9)16-12(14)18(11)6-5-17-4-3-15-8-17/h1-4,7-8H,5-6H2,(H2,14,16). The van der Waals surface area contributed by atoms with E-state index in [4.69, 9.17) is 5.73 Å². The van der Waals surface area contributed by atoms with E-state index >= 15 is 0 Å². The molecule has 92 valence electrons. The Labute approximate surface area is 118 Å². The number of fused-ring (bicyclic) bond motifs is 1. The minimum absolute atomic E-state index is 0.562. The highest BCUT2D eigenvalue weighted by atomic mass is 127. The van der Waals surface area contributed by atoms with Crippen LogP contribution in [0.4, 0.5) is 5.95 Å². The van der Waals surface area contributed by atoms with Crippen LogP contribution < -0.4 is 5.73 Å². The molecule has 2 N–H and O–H groups in total. The summed E-state index contributed by atoms with van der Waals surface area (Å²) in [6.45, 7) is 1.63. The molecule has 3 rings (SSSR count). The number of hydrogen-bond acceptors (Lipinski definition) is 3. The van der Waals surface area contributed by atoms with Crippen LogP contribution >= 0.6 is 22.6 Å². The minimum Gasteiger partial charge on any atom is -0.369 e. The molecule has 0 unspecified atom stereocenters. The summed E-state index contributed by atoms with van der Waals surface area (Å²) in [4.78, 5) is 8.41. The first kappa shape index (κ1) is 11.5. The minimum atomic E-state index is 0.562. The number of aryl methyl sites for hydroxylation is 2. The molecule has 0 fully saturated rings. The maximum Gasteiger partial charge on any atom is 0.201 e. The monoisotopic (exact) mass is 353 g/mol. The molecule has 2 heterocycles. The van der Waals surface area contributed by atoms with Crippen LogP contribution in [0, 0.1) is 3.57 Å². The molecule has 0 amide bonds. The maximum atomic E-state index is 5.97. The third-order valence-corrected chi connectivity index (χ3v) is 3.55. The Hall–Kier alpha value is -1.57. The van der Waals surface area contributed by atoms with Crippen LogP contribution in [0.25, 0.3) is 11.0 Å². The number of nitrogen functional groups attached to an aromatic ring is 1. The fraction of sp³-hybridized carbons (Fsp3) is 0.167. The van der Waals surface area contributed by atoms with E-state index in [1.807, 2.05) is 21.4 Å². The molecule has 3 aromatic rings. The zero-order valence-corrected chi connectivity index (χ0v) is 11.8. The molecule has 5 nitrogen and oxygen atoms in total. The number of rotatable bonds is 3. The summed E-state index contributed by atoms with van der Waals surface area (Å²) < 4.78 is 5.22. The van der Waals surface area contributed by atoms with E-state index in [0.717, 1.165) is 24.1 Å². The van der Waals surface area contributed by atoms with Gasteiger partial charge in [0.25, 0.3) is 0 Å². The third-order valence-electron chi connectivity index (χ3n) is 2.88. The molecule has 18 heavy (non-hydrogen) atoms. The van der Waals surface area contributed by atoms with Crippen LogP contribution in [0.1, 0.15) is 0 Å². The van der Waals surface area contributed by atoms with Gasteiger partial charge in [0.1, 0.15) is 0 Å². The van der Waals surface area contributed by atoms with E-state index in [9.17, 15) is 0 Å². The molecule has 1 aromatic carbocycles. The summed E-state index contributed by atoms with van der Waals surface area (Å²) in [5.41, 5.74) is 7.99. The molecule has 6 heteroatoms. The number of aromatic nitrogens is 4. The van der Waals surface area contributed by atoms with Crippen molar-refractivity contribution in [2.24, 2.45) is 0 Å². The summed E-state index contributed by atoms with van der Waals surface area (Å²) in [7, 11) is 0. The fourth-order valence-corrected chi connectivity index (χ4v) is 2.47. The smallest absolute Gasteiger partial charge is 0.201 e. The number of nitrogens with two attached hydrogens (primary N) is 1. The van der Waals surface area contributed by atoms with Crippen molar-refractivity contribution < 1.29 is 0 Å². The van der Waals surface area contributed by atoms with E-state index in [2.05, 4.69) is 44.7 Å². The summed E-state index contributed by atoms with van der Waals surface area (Å²) in [5, 5.41) is 0. The largest absolute Gasteiger partial charge is 0.369 e. The fourth-order valence-electron chi connectivity index (χ4n) is 1.99. The average molecular weight is 353 g/mol. The van der Waals surface area contributed by atoms with Gasteiger partial charge in [-0.2, -0.15) is 0 Å². The van der Waals surface area contributed by atoms with Crippen LogP contribution in [-0.2, 0) is 13.1 Å². The molecule has 0 bridgehead atoms. The van der Waals surface area contributed by atoms with Crippen molar-refractivity contribution in [1.82, 2.24) is 19.1 Å². The van der Waals surface area contributed by atoms with Gasteiger partial charge in [0.15, 0.2) is 0 Å². The number of imidazole rings is 2. The van der Waals surface area contributed by atoms with Crippen molar-refractivity contribution in [2.45, 2.75) is 13.1 Å². The van der Waals surface area contributed by atoms with E-state index in [1.54, 1.807) is 12.5 Å². The molecule has 0 aliphatic heterocycles. The van der Waals surface area contributed by atoms with E-state index in [-0.39, 0.29) is 0 Å². The Morgan fingerprint density at radius 1 is 1.28 bits per heavy atom. The van der Waals surface area contributed by atoms with Gasteiger partial charge in [0, 0.05) is 29.1 Å². The topological polar surface area (TPSA) is 61.7 Å². The first-order valence-corrected chi connectivity index (χ1v) is 6.69. The molecule has 0 saturated carbocycles. The number of anilines is 1. The van der Waals surface area contributed by atoms with Gasteiger partial charge in [0.05, 0.1) is 17.4 Å². The summed E-state index contributed by atoms with van der Waals surface area (Å²) in [6.07, 6.45) is 5.52. The third kappa shape index (κ3) is 2.07. The second kappa shape index (κ2) is 4.60. The highest BCUT2D eigenvalue weighted by Gasteiger charge is 2.08. The summed E-state index contributed by atoms with van der Waals surface area (Å²) in [6, 6.07) is 6.17. The lowest BCUT2D eigenvalue weighted by molar-refractivity contribution is 0.594. The van der Waals surface area contributed by atoms with Gasteiger partial charge in [-0.3, -0.25) is 0 Å². The van der Waals surface area contributed by atoms with E-state index < -0.39 is 0 Å². The molecular formula is C12H12IN5. The first-order valence-electron chi connectivity index (χ1n) is 5.61. The number of hydrogen-bond donors (Lipinski definition) is 1. The van der Waals surface area contributed by atoms with E-state index in [1.165, 1.54) is 3.57 Å². The maximum absolute atomic E-state index is 5.97. The number of nitrogens with zero attached hydrogens (tertiary/aromatic N) is 4. The summed E-state index contributed by atoms with van der Waals surface area (Å²) >= 11 is 2.28. The lowest BCUT2D eigenvalue weighted by atomic mass is 10.3. The first-order chi connectivity index (χ1) is 8.74. The van der Waals surface area contributed by atoms with Gasteiger partial charge in [-0.1, -0.05) is 0 Å². The second-order valence-corrected chi connectivity index (χ2v) is 5.30. The van der Waals surface area contributed by atoms with Gasteiger partial charge >= 0.3 is 0 Å². The molecule has 0 radical (unpaired) electrons. The van der Waals surface area contributed by atoms with Crippen LogP contribution in [0.2, 0.25) is 0 Å².